The normalized spacial score (nSPS) is 13.9. The third-order valence-corrected chi connectivity index (χ3v) is 6.76. The second-order valence-electron chi connectivity index (χ2n) is 9.83. The maximum atomic E-state index is 12.5. The van der Waals surface area contributed by atoms with Gasteiger partial charge in [-0.3, -0.25) is 0 Å². The Balaban J connectivity index is 1.56. The molecule has 4 aromatic rings. The van der Waals surface area contributed by atoms with E-state index in [0.29, 0.717) is 12.9 Å². The molecule has 224 valence electrons. The minimum atomic E-state index is -1.13. The summed E-state index contributed by atoms with van der Waals surface area (Å²) in [5.74, 6) is 0.731. The van der Waals surface area contributed by atoms with Crippen LogP contribution in [-0.4, -0.2) is 37.8 Å². The Labute approximate surface area is 253 Å². The smallest absolute Gasteiger partial charge is 0.177 e. The second kappa shape index (κ2) is 17.8. The first kappa shape index (κ1) is 31.8. The maximum Gasteiger partial charge on any atom is 0.177 e. The number of hydrogen-bond donors (Lipinski definition) is 0. The van der Waals surface area contributed by atoms with Gasteiger partial charge >= 0.3 is 0 Å². The van der Waals surface area contributed by atoms with Crippen LogP contribution in [0.3, 0.4) is 0 Å². The van der Waals surface area contributed by atoms with E-state index < -0.39 is 24.4 Å². The molecule has 0 aliphatic rings. The molecule has 0 unspecified atom stereocenters. The summed E-state index contributed by atoms with van der Waals surface area (Å²) in [6, 6.07) is 36.6. The molecule has 4 aromatic carbocycles. The predicted octanol–water partition coefficient (Wildman–Crippen LogP) is 6.65. The molecule has 4 rings (SSSR count). The van der Waals surface area contributed by atoms with Gasteiger partial charge in [0.1, 0.15) is 30.7 Å². The van der Waals surface area contributed by atoms with Gasteiger partial charge < -0.3 is 23.7 Å². The van der Waals surface area contributed by atoms with Crippen LogP contribution in [-0.2, 0) is 55.2 Å². The third kappa shape index (κ3) is 10.3. The van der Waals surface area contributed by atoms with E-state index in [-0.39, 0.29) is 19.8 Å². The molecule has 0 aromatic heterocycles. The first-order valence-electron chi connectivity index (χ1n) is 14.2. The average molecular weight is 583 g/mol. The molecule has 0 spiro atoms. The fourth-order valence-electron chi connectivity index (χ4n) is 4.41. The van der Waals surface area contributed by atoms with Crippen molar-refractivity contribution in [1.82, 2.24) is 0 Å². The van der Waals surface area contributed by atoms with Crippen LogP contribution in [0.5, 0.6) is 5.75 Å². The average Bonchev–Trinajstić information content (AvgIpc) is 3.07. The molecule has 0 radical (unpaired) electrons. The summed E-state index contributed by atoms with van der Waals surface area (Å²) in [4.78, 5) is 23.8. The zero-order chi connectivity index (χ0) is 30.1. The molecular weight excluding hydrogens is 544 g/mol. The molecule has 7 nitrogen and oxygen atoms in total. The summed E-state index contributed by atoms with van der Waals surface area (Å²) < 4.78 is 24.4. The van der Waals surface area contributed by atoms with Crippen LogP contribution in [0.1, 0.15) is 22.3 Å². The van der Waals surface area contributed by atoms with E-state index in [1.807, 2.05) is 115 Å². The van der Waals surface area contributed by atoms with Crippen molar-refractivity contribution in [3.8, 4) is 5.75 Å². The summed E-state index contributed by atoms with van der Waals surface area (Å²) in [6.45, 7) is 4.92. The van der Waals surface area contributed by atoms with Crippen LogP contribution < -0.4 is 4.74 Å². The minimum absolute atomic E-state index is 0.116. The molecular formula is C36H38O7. The van der Waals surface area contributed by atoms with Crippen molar-refractivity contribution in [2.45, 2.75) is 50.8 Å². The van der Waals surface area contributed by atoms with Gasteiger partial charge in [-0.05, 0) is 34.4 Å². The second-order valence-corrected chi connectivity index (χ2v) is 9.83. The molecule has 0 saturated carbocycles. The van der Waals surface area contributed by atoms with E-state index >= 15 is 0 Å². The Morgan fingerprint density at radius 3 is 1.47 bits per heavy atom. The van der Waals surface area contributed by atoms with Gasteiger partial charge in [0, 0.05) is 0 Å². The number of rotatable bonds is 19. The van der Waals surface area contributed by atoms with Gasteiger partial charge in [0.2, 0.25) is 0 Å². The number of benzene rings is 4. The number of methoxy groups -OCH3 is 1. The van der Waals surface area contributed by atoms with Crippen LogP contribution in [0.4, 0.5) is 0 Å². The van der Waals surface area contributed by atoms with Crippen LogP contribution in [0.25, 0.3) is 0 Å². The van der Waals surface area contributed by atoms with Gasteiger partial charge in [-0.25, -0.2) is 9.78 Å². The molecule has 0 bridgehead atoms. The van der Waals surface area contributed by atoms with Gasteiger partial charge in [0.25, 0.3) is 0 Å². The highest BCUT2D eigenvalue weighted by Gasteiger charge is 2.38. The first-order chi connectivity index (χ1) is 21.2. The summed E-state index contributed by atoms with van der Waals surface area (Å²) >= 11 is 0. The topological polar surface area (TPSA) is 72.5 Å². The summed E-state index contributed by atoms with van der Waals surface area (Å²) in [7, 11) is 1.61. The molecule has 0 aliphatic heterocycles. The molecule has 7 heteroatoms. The Morgan fingerprint density at radius 2 is 1.02 bits per heavy atom. The maximum absolute atomic E-state index is 12.5. The molecule has 0 N–H and O–H groups in total. The van der Waals surface area contributed by atoms with E-state index in [1.165, 1.54) is 0 Å². The lowest BCUT2D eigenvalue weighted by molar-refractivity contribution is -0.345. The van der Waals surface area contributed by atoms with Crippen LogP contribution >= 0.6 is 0 Å². The number of ether oxygens (including phenoxy) is 4. The molecule has 0 heterocycles. The third-order valence-electron chi connectivity index (χ3n) is 6.76. The van der Waals surface area contributed by atoms with E-state index in [4.69, 9.17) is 28.7 Å². The van der Waals surface area contributed by atoms with Gasteiger partial charge in [-0.1, -0.05) is 109 Å². The van der Waals surface area contributed by atoms with Crippen molar-refractivity contribution in [2.75, 3.05) is 7.11 Å². The number of hydrogen-bond acceptors (Lipinski definition) is 7. The summed E-state index contributed by atoms with van der Waals surface area (Å²) in [5.41, 5.74) is 3.72. The fourth-order valence-corrected chi connectivity index (χ4v) is 4.41. The van der Waals surface area contributed by atoms with Crippen molar-refractivity contribution in [3.63, 3.8) is 0 Å². The first-order valence-corrected chi connectivity index (χ1v) is 14.2. The van der Waals surface area contributed by atoms with Crippen molar-refractivity contribution in [2.24, 2.45) is 0 Å². The highest BCUT2D eigenvalue weighted by molar-refractivity contribution is 5.57. The van der Waals surface area contributed by atoms with Crippen LogP contribution in [0, 0.1) is 0 Å². The van der Waals surface area contributed by atoms with Crippen molar-refractivity contribution in [1.29, 1.82) is 0 Å². The Morgan fingerprint density at radius 1 is 0.581 bits per heavy atom. The number of carbonyl (C=O) groups is 1. The lowest BCUT2D eigenvalue weighted by atomic mass is 10.0. The molecule has 0 amide bonds. The van der Waals surface area contributed by atoms with Crippen molar-refractivity contribution >= 4 is 6.29 Å². The zero-order valence-corrected chi connectivity index (χ0v) is 24.3. The molecule has 43 heavy (non-hydrogen) atoms. The van der Waals surface area contributed by atoms with Gasteiger partial charge in [-0.2, -0.15) is 0 Å². The predicted molar refractivity (Wildman–Crippen MR) is 164 cm³/mol. The number of carbonyl (C=O) groups excluding carboxylic acids is 1. The zero-order valence-electron chi connectivity index (χ0n) is 24.3. The Kier molecular flexibility index (Phi) is 13.1. The summed E-state index contributed by atoms with van der Waals surface area (Å²) in [6.07, 6.45) is -1.12. The Hall–Kier alpha value is -4.11. The Bertz CT molecular complexity index is 1330. The highest BCUT2D eigenvalue weighted by atomic mass is 17.2. The van der Waals surface area contributed by atoms with E-state index in [2.05, 4.69) is 6.58 Å². The summed E-state index contributed by atoms with van der Waals surface area (Å²) in [5, 5.41) is 0. The lowest BCUT2D eigenvalue weighted by Gasteiger charge is -2.34. The quantitative estimate of drug-likeness (QED) is 0.0530. The van der Waals surface area contributed by atoms with Crippen molar-refractivity contribution in [3.05, 3.63) is 150 Å². The van der Waals surface area contributed by atoms with Crippen LogP contribution in [0.15, 0.2) is 128 Å². The highest BCUT2D eigenvalue weighted by Crippen LogP contribution is 2.23. The molecule has 0 aliphatic carbocycles. The monoisotopic (exact) mass is 582 g/mol. The molecule has 4 atom stereocenters. The van der Waals surface area contributed by atoms with Gasteiger partial charge in [-0.15, -0.1) is 6.58 Å². The van der Waals surface area contributed by atoms with E-state index in [9.17, 15) is 4.79 Å². The van der Waals surface area contributed by atoms with Gasteiger partial charge in [0.05, 0.1) is 26.9 Å². The molecule has 0 fully saturated rings. The fraction of sp³-hybridized carbons (Fsp3) is 0.250. The lowest BCUT2D eigenvalue weighted by Crippen LogP contribution is -2.49. The molecule has 0 saturated heterocycles. The van der Waals surface area contributed by atoms with Gasteiger partial charge in [0.15, 0.2) is 12.4 Å². The van der Waals surface area contributed by atoms with Crippen LogP contribution in [0.2, 0.25) is 0 Å². The minimum Gasteiger partial charge on any atom is -0.497 e. The van der Waals surface area contributed by atoms with Crippen molar-refractivity contribution < 1.29 is 33.5 Å². The largest absolute Gasteiger partial charge is 0.497 e. The standard InChI is InChI=1S/C36H38O7/c1-3-33(39-24-28-13-7-4-8-14-28)35(40-25-29-15-9-5-10-16-29)36(41-26-30-17-11-6-12-18-30)34(23-37)43-42-27-31-19-21-32(38-2)22-20-31/h3-23,33-36H,1,24-27H2,2H3/t33-,34-,35+,36+/m1/s1. The number of aldehydes is 1. The van der Waals surface area contributed by atoms with E-state index in [1.54, 1.807) is 13.2 Å². The SMILES string of the molecule is C=C[C@@H](OCc1ccccc1)[C@H](OCc1ccccc1)[C@@H](OCc1ccccc1)[C@@H](C=O)OOCc1ccc(OC)cc1. The van der Waals surface area contributed by atoms with E-state index in [0.717, 1.165) is 28.0 Å².